The number of allylic oxidation sites excluding steroid dienone is 2. The summed E-state index contributed by atoms with van der Waals surface area (Å²) in [6.45, 7) is 5.98. The van der Waals surface area contributed by atoms with E-state index in [0.717, 1.165) is 5.57 Å². The van der Waals surface area contributed by atoms with Crippen LogP contribution in [0, 0.1) is 6.92 Å². The number of hydrogen-bond acceptors (Lipinski definition) is 10. The lowest BCUT2D eigenvalue weighted by Crippen LogP contribution is -2.50. The van der Waals surface area contributed by atoms with Crippen molar-refractivity contribution >= 4 is 16.9 Å². The van der Waals surface area contributed by atoms with Crippen LogP contribution in [0.3, 0.4) is 0 Å². The number of aromatic hydroxyl groups is 1. The van der Waals surface area contributed by atoms with Gasteiger partial charge in [-0.3, -0.25) is 4.79 Å². The number of nitrogens with one attached hydrogen (secondary N) is 1. The zero-order valence-corrected chi connectivity index (χ0v) is 22.5. The van der Waals surface area contributed by atoms with Crippen molar-refractivity contribution in [3.8, 4) is 11.5 Å². The van der Waals surface area contributed by atoms with Crippen molar-refractivity contribution in [3.05, 3.63) is 57.2 Å². The highest BCUT2D eigenvalue weighted by molar-refractivity contribution is 5.87. The molecule has 10 heteroatoms. The van der Waals surface area contributed by atoms with Crippen LogP contribution in [0.25, 0.3) is 11.0 Å². The number of fused-ring (bicyclic) bond motifs is 2. The molecule has 3 atom stereocenters. The molecule has 5 rings (SSSR count). The Morgan fingerprint density at radius 3 is 2.82 bits per heavy atom. The molecule has 0 spiro atoms. The van der Waals surface area contributed by atoms with Gasteiger partial charge in [-0.05, 0) is 64.5 Å². The van der Waals surface area contributed by atoms with Crippen LogP contribution in [0.15, 0.2) is 44.9 Å². The monoisotopic (exact) mass is 540 g/mol. The Labute approximate surface area is 226 Å². The molecule has 39 heavy (non-hydrogen) atoms. The minimum atomic E-state index is -1.10. The first-order valence-corrected chi connectivity index (χ1v) is 13.4. The number of carbonyl (C=O) groups is 1. The number of ether oxygens (including phenoxy) is 3. The molecule has 10 nitrogen and oxygen atoms in total. The Bertz CT molecular complexity index is 1410. The number of phenolic OH excluding ortho intramolecular Hbond substituents is 1. The fourth-order valence-corrected chi connectivity index (χ4v) is 5.52. The van der Waals surface area contributed by atoms with Crippen molar-refractivity contribution < 1.29 is 33.6 Å². The number of carbonyl (C=O) groups excluding carboxylic acids is 1. The summed E-state index contributed by atoms with van der Waals surface area (Å²) in [5.74, 6) is 0.706. The van der Waals surface area contributed by atoms with Crippen LogP contribution in [-0.4, -0.2) is 52.7 Å². The van der Waals surface area contributed by atoms with Gasteiger partial charge in [0.05, 0.1) is 11.9 Å². The van der Waals surface area contributed by atoms with Crippen LogP contribution in [-0.2, 0) is 20.7 Å². The highest BCUT2D eigenvalue weighted by Gasteiger charge is 2.63. The molecule has 1 fully saturated rings. The number of dihydropyridines is 1. The van der Waals surface area contributed by atoms with E-state index in [1.807, 2.05) is 19.9 Å². The van der Waals surface area contributed by atoms with E-state index >= 15 is 0 Å². The third-order valence-electron chi connectivity index (χ3n) is 7.79. The van der Waals surface area contributed by atoms with Crippen LogP contribution in [0.4, 0.5) is 0 Å². The predicted octanol–water partition coefficient (Wildman–Crippen LogP) is 2.84. The fourth-order valence-electron chi connectivity index (χ4n) is 5.52. The molecule has 3 aliphatic rings. The number of aliphatic hydroxyl groups excluding tert-OH is 1. The van der Waals surface area contributed by atoms with Gasteiger partial charge in [-0.1, -0.05) is 6.08 Å². The standard InChI is InChI=1S/C29H36N2O8/c1-16-12-19(33)25-21(36-16)15-20-18(26(25)34)14-23(28(2,3)38-20)37-27(35)29(9-4-5-11-32)22(39-29)7-6-17-8-10-31-24(30)13-17/h8,12-13,15,22-23,31-32,34H,4-7,9-11,14,30H2,1-3H3. The molecule has 1 aromatic heterocycles. The quantitative estimate of drug-likeness (QED) is 0.212. The molecule has 3 aliphatic heterocycles. The number of rotatable bonds is 9. The highest BCUT2D eigenvalue weighted by Crippen LogP contribution is 2.48. The Morgan fingerprint density at radius 2 is 2.08 bits per heavy atom. The fraction of sp³-hybridized carbons (Fsp3) is 0.517. The van der Waals surface area contributed by atoms with Gasteiger partial charge in [-0.2, -0.15) is 0 Å². The molecule has 0 saturated carbocycles. The van der Waals surface area contributed by atoms with E-state index in [4.69, 9.17) is 24.4 Å². The molecule has 1 aromatic carbocycles. The van der Waals surface area contributed by atoms with Crippen molar-refractivity contribution in [2.24, 2.45) is 5.73 Å². The van der Waals surface area contributed by atoms with E-state index in [-0.39, 0.29) is 41.3 Å². The maximum absolute atomic E-state index is 13.6. The molecule has 0 radical (unpaired) electrons. The summed E-state index contributed by atoms with van der Waals surface area (Å²) in [6, 6.07) is 2.93. The van der Waals surface area contributed by atoms with Gasteiger partial charge < -0.3 is 39.9 Å². The molecule has 4 heterocycles. The van der Waals surface area contributed by atoms with Crippen molar-refractivity contribution in [1.29, 1.82) is 0 Å². The average Bonchev–Trinajstić information content (AvgIpc) is 3.57. The first-order chi connectivity index (χ1) is 18.5. The van der Waals surface area contributed by atoms with Gasteiger partial charge in [0.15, 0.2) is 11.0 Å². The number of esters is 1. The third-order valence-corrected chi connectivity index (χ3v) is 7.79. The normalized spacial score (nSPS) is 25.1. The average molecular weight is 541 g/mol. The summed E-state index contributed by atoms with van der Waals surface area (Å²) >= 11 is 0. The van der Waals surface area contributed by atoms with Gasteiger partial charge in [-0.15, -0.1) is 0 Å². The Balaban J connectivity index is 1.35. The summed E-state index contributed by atoms with van der Waals surface area (Å²) in [7, 11) is 0. The highest BCUT2D eigenvalue weighted by atomic mass is 16.7. The van der Waals surface area contributed by atoms with E-state index < -0.39 is 23.3 Å². The zero-order valence-electron chi connectivity index (χ0n) is 22.5. The molecule has 3 unspecified atom stereocenters. The Hall–Kier alpha value is -3.50. The van der Waals surface area contributed by atoms with Crippen LogP contribution in [0.5, 0.6) is 11.5 Å². The minimum Gasteiger partial charge on any atom is -0.507 e. The van der Waals surface area contributed by atoms with Crippen molar-refractivity contribution in [3.63, 3.8) is 0 Å². The summed E-state index contributed by atoms with van der Waals surface area (Å²) < 4.78 is 23.9. The topological polar surface area (TPSA) is 157 Å². The Morgan fingerprint density at radius 1 is 1.28 bits per heavy atom. The van der Waals surface area contributed by atoms with Crippen LogP contribution < -0.4 is 21.2 Å². The van der Waals surface area contributed by atoms with Gasteiger partial charge in [0.1, 0.15) is 39.9 Å². The summed E-state index contributed by atoms with van der Waals surface area (Å²) in [4.78, 5) is 26.2. The molecule has 210 valence electrons. The number of epoxide rings is 1. The zero-order chi connectivity index (χ0) is 27.9. The molecule has 0 aliphatic carbocycles. The van der Waals surface area contributed by atoms with Crippen molar-refractivity contribution in [1.82, 2.24) is 5.32 Å². The Kier molecular flexibility index (Phi) is 7.11. The first-order valence-electron chi connectivity index (χ1n) is 13.4. The van der Waals surface area contributed by atoms with E-state index in [0.29, 0.717) is 61.5 Å². The van der Waals surface area contributed by atoms with Crippen LogP contribution in [0.2, 0.25) is 0 Å². The molecule has 5 N–H and O–H groups in total. The first kappa shape index (κ1) is 27.1. The second-order valence-electron chi connectivity index (χ2n) is 11.1. The van der Waals surface area contributed by atoms with Gasteiger partial charge in [-0.25, -0.2) is 4.79 Å². The van der Waals surface area contributed by atoms with Gasteiger partial charge >= 0.3 is 5.97 Å². The number of hydrogen-bond donors (Lipinski definition) is 4. The maximum Gasteiger partial charge on any atom is 0.341 e. The summed E-state index contributed by atoms with van der Waals surface area (Å²) in [5.41, 5.74) is 5.21. The second-order valence-corrected chi connectivity index (χ2v) is 11.1. The number of nitrogens with two attached hydrogens (primary N) is 1. The number of aryl methyl sites for hydroxylation is 1. The van der Waals surface area contributed by atoms with Crippen molar-refractivity contribution in [2.45, 2.75) is 82.7 Å². The van der Waals surface area contributed by atoms with Crippen LogP contribution in [0.1, 0.15) is 57.3 Å². The minimum absolute atomic E-state index is 0.0285. The van der Waals surface area contributed by atoms with Gasteiger partial charge in [0.2, 0.25) is 0 Å². The van der Waals surface area contributed by atoms with Crippen molar-refractivity contribution in [2.75, 3.05) is 13.2 Å². The lowest BCUT2D eigenvalue weighted by Gasteiger charge is -2.39. The lowest BCUT2D eigenvalue weighted by atomic mass is 9.89. The van der Waals surface area contributed by atoms with E-state index in [9.17, 15) is 19.8 Å². The number of aliphatic hydroxyl groups is 1. The number of benzene rings is 1. The molecule has 2 aromatic rings. The van der Waals surface area contributed by atoms with Crippen LogP contribution >= 0.6 is 0 Å². The number of phenols is 1. The summed E-state index contributed by atoms with van der Waals surface area (Å²) in [6.07, 6.45) is 5.95. The predicted molar refractivity (Wildman–Crippen MR) is 143 cm³/mol. The lowest BCUT2D eigenvalue weighted by molar-refractivity contribution is -0.168. The van der Waals surface area contributed by atoms with E-state index in [2.05, 4.69) is 11.4 Å². The molecular weight excluding hydrogens is 504 g/mol. The van der Waals surface area contributed by atoms with E-state index in [1.165, 1.54) is 6.07 Å². The third kappa shape index (κ3) is 5.23. The smallest absolute Gasteiger partial charge is 0.341 e. The molecule has 1 saturated heterocycles. The SMILES string of the molecule is Cc1cc(=O)c2c(O)c3c(cc2o1)OC(C)(C)C(OC(=O)C1(CCCCO)OC1CCC1=CCNC(N)=C1)C3. The second kappa shape index (κ2) is 10.2. The van der Waals surface area contributed by atoms with E-state index in [1.54, 1.807) is 13.0 Å². The number of unbranched alkanes of at least 4 members (excludes halogenated alkanes) is 1. The van der Waals surface area contributed by atoms with Gasteiger partial charge in [0.25, 0.3) is 0 Å². The molecular formula is C29H36N2O8. The van der Waals surface area contributed by atoms with Gasteiger partial charge in [0, 0.05) is 37.3 Å². The maximum atomic E-state index is 13.6. The molecule has 0 bridgehead atoms. The molecule has 0 amide bonds. The summed E-state index contributed by atoms with van der Waals surface area (Å²) in [5, 5.41) is 23.4. The largest absolute Gasteiger partial charge is 0.507 e.